The molecule has 0 unspecified atom stereocenters. The first-order chi connectivity index (χ1) is 14.5. The Balaban J connectivity index is 1.50. The second-order valence-electron chi connectivity index (χ2n) is 6.63. The maximum absolute atomic E-state index is 13.8. The van der Waals surface area contributed by atoms with Crippen LogP contribution in [0.15, 0.2) is 66.7 Å². The number of carbonyl (C=O) groups excluding carboxylic acids is 3. The molecule has 5 nitrogen and oxygen atoms in total. The lowest BCUT2D eigenvalue weighted by Crippen LogP contribution is -2.33. The van der Waals surface area contributed by atoms with Crippen LogP contribution in [0.2, 0.25) is 5.02 Å². The molecule has 0 aromatic heterocycles. The van der Waals surface area contributed by atoms with E-state index in [2.05, 4.69) is 0 Å². The van der Waals surface area contributed by atoms with E-state index in [1.165, 1.54) is 24.3 Å². The van der Waals surface area contributed by atoms with Crippen molar-refractivity contribution in [2.45, 2.75) is 0 Å². The highest BCUT2D eigenvalue weighted by molar-refractivity contribution is 6.30. The van der Waals surface area contributed by atoms with Crippen molar-refractivity contribution < 1.29 is 23.5 Å². The normalized spacial score (nSPS) is 12.8. The Labute approximate surface area is 176 Å². The minimum Gasteiger partial charge on any atom is -0.491 e. The maximum atomic E-state index is 13.8. The summed E-state index contributed by atoms with van der Waals surface area (Å²) in [6.45, 7) is -0.0453. The van der Waals surface area contributed by atoms with Gasteiger partial charge in [0.2, 0.25) is 0 Å². The molecule has 0 bridgehead atoms. The van der Waals surface area contributed by atoms with Crippen molar-refractivity contribution >= 4 is 29.2 Å². The van der Waals surface area contributed by atoms with Gasteiger partial charge in [0.15, 0.2) is 5.78 Å². The number of ether oxygens (including phenoxy) is 1. The van der Waals surface area contributed by atoms with Crippen LogP contribution < -0.4 is 4.74 Å². The second kappa shape index (κ2) is 8.08. The van der Waals surface area contributed by atoms with Crippen LogP contribution in [-0.2, 0) is 0 Å². The lowest BCUT2D eigenvalue weighted by Gasteiger charge is -2.16. The Morgan fingerprint density at radius 3 is 2.20 bits per heavy atom. The molecule has 2 amide bonds. The summed E-state index contributed by atoms with van der Waals surface area (Å²) in [7, 11) is 0. The average Bonchev–Trinajstić information content (AvgIpc) is 3.00. The van der Waals surface area contributed by atoms with Crippen molar-refractivity contribution in [2.75, 3.05) is 13.2 Å². The van der Waals surface area contributed by atoms with E-state index in [4.69, 9.17) is 16.3 Å². The van der Waals surface area contributed by atoms with E-state index >= 15 is 0 Å². The number of hydrogen-bond donors (Lipinski definition) is 0. The molecule has 0 saturated carbocycles. The van der Waals surface area contributed by atoms with Crippen LogP contribution in [0.25, 0.3) is 0 Å². The summed E-state index contributed by atoms with van der Waals surface area (Å²) in [5.41, 5.74) is 1.07. The number of amides is 2. The number of hydrogen-bond acceptors (Lipinski definition) is 4. The first kappa shape index (κ1) is 19.8. The quantitative estimate of drug-likeness (QED) is 0.436. The highest BCUT2D eigenvalue weighted by Gasteiger charge is 2.34. The number of benzene rings is 3. The minimum atomic E-state index is -0.583. The van der Waals surface area contributed by atoms with Gasteiger partial charge in [0.25, 0.3) is 11.8 Å². The van der Waals surface area contributed by atoms with Gasteiger partial charge in [0.1, 0.15) is 18.2 Å². The molecule has 0 radical (unpaired) electrons. The lowest BCUT2D eigenvalue weighted by atomic mass is 10.0. The predicted octanol–water partition coefficient (Wildman–Crippen LogP) is 4.39. The summed E-state index contributed by atoms with van der Waals surface area (Å²) >= 11 is 5.85. The largest absolute Gasteiger partial charge is 0.491 e. The first-order valence-corrected chi connectivity index (χ1v) is 9.51. The maximum Gasteiger partial charge on any atom is 0.261 e. The molecule has 4 rings (SSSR count). The van der Waals surface area contributed by atoms with E-state index in [1.807, 2.05) is 0 Å². The van der Waals surface area contributed by atoms with Crippen molar-refractivity contribution in [3.05, 3.63) is 99.8 Å². The summed E-state index contributed by atoms with van der Waals surface area (Å²) in [6.07, 6.45) is 0. The molecule has 3 aromatic carbocycles. The molecule has 0 aliphatic carbocycles. The Kier molecular flexibility index (Phi) is 5.33. The molecule has 0 spiro atoms. The summed E-state index contributed by atoms with van der Waals surface area (Å²) < 4.78 is 19.4. The molecule has 0 fully saturated rings. The third-order valence-corrected chi connectivity index (χ3v) is 5.00. The van der Waals surface area contributed by atoms with E-state index < -0.39 is 23.4 Å². The van der Waals surface area contributed by atoms with E-state index in [1.54, 1.807) is 36.4 Å². The van der Waals surface area contributed by atoms with E-state index in [9.17, 15) is 18.8 Å². The summed E-state index contributed by atoms with van der Waals surface area (Å²) in [5, 5.41) is 0.475. The highest BCUT2D eigenvalue weighted by atomic mass is 35.5. The predicted molar refractivity (Wildman–Crippen MR) is 109 cm³/mol. The van der Waals surface area contributed by atoms with Gasteiger partial charge in [0.05, 0.1) is 23.2 Å². The zero-order chi connectivity index (χ0) is 21.3. The molecule has 30 heavy (non-hydrogen) atoms. The van der Waals surface area contributed by atoms with Gasteiger partial charge in [-0.3, -0.25) is 19.3 Å². The Morgan fingerprint density at radius 1 is 0.933 bits per heavy atom. The topological polar surface area (TPSA) is 63.7 Å². The molecular weight excluding hydrogens is 409 g/mol. The fourth-order valence-electron chi connectivity index (χ4n) is 3.25. The molecule has 0 atom stereocenters. The van der Waals surface area contributed by atoms with Gasteiger partial charge >= 0.3 is 0 Å². The number of imide groups is 1. The minimum absolute atomic E-state index is 0.00169. The standard InChI is InChI=1S/C23H15ClFNO4/c24-15-7-5-14(6-8-15)21(27)19-13-16(25)9-10-20(19)30-12-11-26-22(28)17-3-1-2-4-18(17)23(26)29/h1-10,13H,11-12H2. The summed E-state index contributed by atoms with van der Waals surface area (Å²) in [4.78, 5) is 38.7. The Morgan fingerprint density at radius 2 is 1.57 bits per heavy atom. The zero-order valence-electron chi connectivity index (χ0n) is 15.6. The van der Waals surface area contributed by atoms with Gasteiger partial charge in [-0.1, -0.05) is 23.7 Å². The van der Waals surface area contributed by atoms with Crippen molar-refractivity contribution in [3.8, 4) is 5.75 Å². The van der Waals surface area contributed by atoms with Gasteiger partial charge in [-0.05, 0) is 54.6 Å². The molecule has 7 heteroatoms. The number of ketones is 1. The Hall–Kier alpha value is -3.51. The molecule has 1 heterocycles. The SMILES string of the molecule is O=C(c1ccc(Cl)cc1)c1cc(F)ccc1OCCN1C(=O)c2ccccc2C1=O. The number of nitrogens with zero attached hydrogens (tertiary/aromatic N) is 1. The van der Waals surface area contributed by atoms with Crippen molar-refractivity contribution in [1.29, 1.82) is 0 Å². The smallest absolute Gasteiger partial charge is 0.261 e. The average molecular weight is 424 g/mol. The van der Waals surface area contributed by atoms with Crippen molar-refractivity contribution in [3.63, 3.8) is 0 Å². The fraction of sp³-hybridized carbons (Fsp3) is 0.0870. The monoisotopic (exact) mass is 423 g/mol. The fourth-order valence-corrected chi connectivity index (χ4v) is 3.38. The summed E-state index contributed by atoms with van der Waals surface area (Å²) in [6, 6.07) is 16.4. The molecule has 0 saturated heterocycles. The van der Waals surface area contributed by atoms with Crippen LogP contribution in [0.5, 0.6) is 5.75 Å². The molecule has 1 aliphatic heterocycles. The first-order valence-electron chi connectivity index (χ1n) is 9.13. The van der Waals surface area contributed by atoms with Crippen molar-refractivity contribution in [1.82, 2.24) is 4.90 Å². The van der Waals surface area contributed by atoms with Gasteiger partial charge in [-0.2, -0.15) is 0 Å². The van der Waals surface area contributed by atoms with Crippen LogP contribution in [0.3, 0.4) is 0 Å². The van der Waals surface area contributed by atoms with Gasteiger partial charge in [-0.15, -0.1) is 0 Å². The molecule has 3 aromatic rings. The second-order valence-corrected chi connectivity index (χ2v) is 7.07. The van der Waals surface area contributed by atoms with Crippen molar-refractivity contribution in [2.24, 2.45) is 0 Å². The number of carbonyl (C=O) groups is 3. The number of rotatable bonds is 6. The van der Waals surface area contributed by atoms with E-state index in [0.717, 1.165) is 11.0 Å². The van der Waals surface area contributed by atoms with E-state index in [0.29, 0.717) is 21.7 Å². The molecule has 1 aliphatic rings. The molecule has 150 valence electrons. The van der Waals surface area contributed by atoms with Gasteiger partial charge < -0.3 is 4.74 Å². The van der Waals surface area contributed by atoms with E-state index in [-0.39, 0.29) is 24.5 Å². The third-order valence-electron chi connectivity index (χ3n) is 4.74. The highest BCUT2D eigenvalue weighted by Crippen LogP contribution is 2.25. The van der Waals surface area contributed by atoms with Gasteiger partial charge in [0, 0.05) is 10.6 Å². The van der Waals surface area contributed by atoms with Crippen LogP contribution in [0, 0.1) is 5.82 Å². The number of fused-ring (bicyclic) bond motifs is 1. The van der Waals surface area contributed by atoms with Crippen LogP contribution in [0.1, 0.15) is 36.6 Å². The third kappa shape index (κ3) is 3.69. The van der Waals surface area contributed by atoms with Gasteiger partial charge in [-0.25, -0.2) is 4.39 Å². The molecule has 0 N–H and O–H groups in total. The zero-order valence-corrected chi connectivity index (χ0v) is 16.4. The summed E-state index contributed by atoms with van der Waals surface area (Å²) in [5.74, 6) is -1.64. The Bertz CT molecular complexity index is 1130. The van der Waals surface area contributed by atoms with Crippen LogP contribution >= 0.6 is 11.6 Å². The lowest BCUT2D eigenvalue weighted by molar-refractivity contribution is 0.0630. The molecular formula is C23H15ClFNO4. The van der Waals surface area contributed by atoms with Crippen LogP contribution in [0.4, 0.5) is 4.39 Å². The van der Waals surface area contributed by atoms with Crippen LogP contribution in [-0.4, -0.2) is 35.6 Å². The number of halogens is 2.